The lowest BCUT2D eigenvalue weighted by molar-refractivity contribution is 0.0731. The van der Waals surface area contributed by atoms with E-state index in [4.69, 9.17) is 9.16 Å². The summed E-state index contributed by atoms with van der Waals surface area (Å²) in [5.74, 6) is 0.286. The third-order valence-electron chi connectivity index (χ3n) is 6.79. The largest absolute Gasteiger partial charge is 0.423 e. The highest BCUT2D eigenvalue weighted by molar-refractivity contribution is 6.48. The van der Waals surface area contributed by atoms with Gasteiger partial charge in [0.25, 0.3) is 0 Å². The monoisotopic (exact) mass is 452 g/mol. The van der Waals surface area contributed by atoms with E-state index >= 15 is 0 Å². The molecule has 0 bridgehead atoms. The molecule has 0 saturated carbocycles. The van der Waals surface area contributed by atoms with Crippen molar-refractivity contribution in [2.24, 2.45) is 0 Å². The van der Waals surface area contributed by atoms with Gasteiger partial charge < -0.3 is 9.16 Å². The minimum Gasteiger partial charge on any atom is -0.423 e. The number of benzene rings is 2. The number of carbonyl (C=O) groups is 1. The van der Waals surface area contributed by atoms with Gasteiger partial charge in [-0.1, -0.05) is 60.6 Å². The molecule has 2 aromatic carbocycles. The van der Waals surface area contributed by atoms with Gasteiger partial charge in [0.1, 0.15) is 5.75 Å². The van der Waals surface area contributed by atoms with Crippen LogP contribution in [0.25, 0.3) is 0 Å². The first-order valence-corrected chi connectivity index (χ1v) is 14.6. The third-order valence-corrected chi connectivity index (χ3v) is 7.62. The number of carbonyl (C=O) groups excluding carboxylic acids is 1. The summed E-state index contributed by atoms with van der Waals surface area (Å²) in [6.07, 6.45) is 2.26. The van der Waals surface area contributed by atoms with E-state index in [2.05, 4.69) is 85.8 Å². The Morgan fingerprint density at radius 1 is 0.938 bits per heavy atom. The van der Waals surface area contributed by atoms with Crippen molar-refractivity contribution < 1.29 is 14.0 Å². The highest BCUT2D eigenvalue weighted by atomic mass is 28.3. The molecule has 0 N–H and O–H groups in total. The van der Waals surface area contributed by atoms with Crippen molar-refractivity contribution in [3.63, 3.8) is 0 Å². The topological polar surface area (TPSA) is 35.5 Å². The number of ether oxygens (including phenoxy) is 1. The summed E-state index contributed by atoms with van der Waals surface area (Å²) in [6, 6.07) is 12.2. The predicted octanol–water partition coefficient (Wildman–Crippen LogP) is 7.05. The third kappa shape index (κ3) is 5.35. The molecule has 0 heterocycles. The van der Waals surface area contributed by atoms with Crippen LogP contribution in [-0.2, 0) is 27.3 Å². The molecular weight excluding hydrogens is 412 g/mol. The average molecular weight is 453 g/mol. The zero-order chi connectivity index (χ0) is 23.9. The smallest absolute Gasteiger partial charge is 0.343 e. The highest BCUT2D eigenvalue weighted by Gasteiger charge is 2.37. The SMILES string of the molecule is C[SiH](C)OCc1cc(C(C)(C)C)ccc1OC(=O)c1ccc2c(c1)C(C)(C)CCC2(C)C. The number of esters is 1. The Balaban J connectivity index is 1.93. The van der Waals surface area contributed by atoms with E-state index in [0.29, 0.717) is 17.9 Å². The average Bonchev–Trinajstić information content (AvgIpc) is 2.69. The molecule has 0 amide bonds. The molecule has 3 rings (SSSR count). The molecule has 2 aromatic rings. The summed E-state index contributed by atoms with van der Waals surface area (Å²) in [5, 5.41) is 0. The molecule has 0 aromatic heterocycles. The van der Waals surface area contributed by atoms with Gasteiger partial charge in [0, 0.05) is 5.56 Å². The first-order chi connectivity index (χ1) is 14.7. The molecule has 0 fully saturated rings. The Hall–Kier alpha value is -1.91. The van der Waals surface area contributed by atoms with Gasteiger partial charge in [-0.2, -0.15) is 0 Å². The summed E-state index contributed by atoms with van der Waals surface area (Å²) in [5.41, 5.74) is 5.56. The van der Waals surface area contributed by atoms with Gasteiger partial charge in [-0.05, 0) is 83.1 Å². The summed E-state index contributed by atoms with van der Waals surface area (Å²) < 4.78 is 11.9. The lowest BCUT2D eigenvalue weighted by Gasteiger charge is -2.42. The molecule has 0 saturated heterocycles. The summed E-state index contributed by atoms with van der Waals surface area (Å²) in [4.78, 5) is 13.2. The van der Waals surface area contributed by atoms with Gasteiger partial charge in [0.05, 0.1) is 12.2 Å². The van der Waals surface area contributed by atoms with Crippen LogP contribution in [0.5, 0.6) is 5.75 Å². The zero-order valence-corrected chi connectivity index (χ0v) is 22.5. The van der Waals surface area contributed by atoms with Gasteiger partial charge >= 0.3 is 5.97 Å². The number of rotatable bonds is 5. The number of hydrogen-bond acceptors (Lipinski definition) is 3. The highest BCUT2D eigenvalue weighted by Crippen LogP contribution is 2.46. The Morgan fingerprint density at radius 3 is 2.16 bits per heavy atom. The van der Waals surface area contributed by atoms with Gasteiger partial charge in [-0.15, -0.1) is 0 Å². The van der Waals surface area contributed by atoms with E-state index in [9.17, 15) is 4.79 Å². The van der Waals surface area contributed by atoms with Crippen LogP contribution in [0.3, 0.4) is 0 Å². The summed E-state index contributed by atoms with van der Waals surface area (Å²) in [7, 11) is -1.20. The first-order valence-electron chi connectivity index (χ1n) is 11.8. The second-order valence-electron chi connectivity index (χ2n) is 11.8. The first kappa shape index (κ1) is 24.7. The lowest BCUT2D eigenvalue weighted by Crippen LogP contribution is -2.34. The van der Waals surface area contributed by atoms with Gasteiger partial charge in [-0.3, -0.25) is 0 Å². The zero-order valence-electron chi connectivity index (χ0n) is 21.4. The van der Waals surface area contributed by atoms with Crippen LogP contribution in [0.1, 0.15) is 93.9 Å². The van der Waals surface area contributed by atoms with Crippen LogP contribution in [0.2, 0.25) is 13.1 Å². The Labute approximate surface area is 196 Å². The van der Waals surface area contributed by atoms with Crippen molar-refractivity contribution in [1.29, 1.82) is 0 Å². The fourth-order valence-electron chi connectivity index (χ4n) is 4.39. The van der Waals surface area contributed by atoms with E-state index < -0.39 is 9.04 Å². The van der Waals surface area contributed by atoms with Crippen molar-refractivity contribution in [1.82, 2.24) is 0 Å². The molecule has 32 heavy (non-hydrogen) atoms. The maximum Gasteiger partial charge on any atom is 0.343 e. The van der Waals surface area contributed by atoms with Crippen LogP contribution in [0.4, 0.5) is 0 Å². The lowest BCUT2D eigenvalue weighted by atomic mass is 9.63. The number of hydrogen-bond donors (Lipinski definition) is 0. The van der Waals surface area contributed by atoms with Crippen LogP contribution >= 0.6 is 0 Å². The quantitative estimate of drug-likeness (QED) is 0.277. The van der Waals surface area contributed by atoms with E-state index in [-0.39, 0.29) is 22.2 Å². The Bertz CT molecular complexity index is 996. The van der Waals surface area contributed by atoms with E-state index in [1.54, 1.807) is 0 Å². The minimum absolute atomic E-state index is 0.0173. The van der Waals surface area contributed by atoms with Gasteiger partial charge in [0.15, 0.2) is 9.04 Å². The van der Waals surface area contributed by atoms with Crippen LogP contribution < -0.4 is 4.74 Å². The molecule has 174 valence electrons. The molecule has 3 nitrogen and oxygen atoms in total. The van der Waals surface area contributed by atoms with E-state index in [1.165, 1.54) is 16.7 Å². The Morgan fingerprint density at radius 2 is 1.56 bits per heavy atom. The Kier molecular flexibility index (Phi) is 6.79. The normalized spacial score (nSPS) is 17.2. The molecule has 0 unspecified atom stereocenters. The van der Waals surface area contributed by atoms with Crippen LogP contribution in [0.15, 0.2) is 36.4 Å². The van der Waals surface area contributed by atoms with Crippen molar-refractivity contribution in [2.75, 3.05) is 0 Å². The van der Waals surface area contributed by atoms with Crippen molar-refractivity contribution >= 4 is 15.0 Å². The molecule has 0 spiro atoms. The maximum atomic E-state index is 13.2. The summed E-state index contributed by atoms with van der Waals surface area (Å²) in [6.45, 7) is 20.5. The van der Waals surface area contributed by atoms with Crippen LogP contribution in [0, 0.1) is 0 Å². The maximum absolute atomic E-state index is 13.2. The fourth-order valence-corrected chi connectivity index (χ4v) is 4.90. The van der Waals surface area contributed by atoms with Crippen molar-refractivity contribution in [3.8, 4) is 5.75 Å². The molecule has 1 aliphatic carbocycles. The molecule has 4 heteroatoms. The predicted molar refractivity (Wildman–Crippen MR) is 135 cm³/mol. The second-order valence-corrected chi connectivity index (χ2v) is 14.3. The standard InChI is InChI=1S/C28H40O3Si/c1-26(2,3)21-11-13-24(20(16-21)18-30-32(8)9)31-25(29)19-10-12-22-23(17-19)28(6,7)15-14-27(22,4)5/h10-13,16-17,32H,14-15,18H2,1-9H3. The molecule has 0 atom stereocenters. The minimum atomic E-state index is -1.20. The molecule has 1 aliphatic rings. The van der Waals surface area contributed by atoms with E-state index in [0.717, 1.165) is 18.4 Å². The van der Waals surface area contributed by atoms with Crippen molar-refractivity contribution in [3.05, 3.63) is 64.2 Å². The fraction of sp³-hybridized carbons (Fsp3) is 0.536. The second kappa shape index (κ2) is 8.79. The van der Waals surface area contributed by atoms with Gasteiger partial charge in [0.2, 0.25) is 0 Å². The summed E-state index contributed by atoms with van der Waals surface area (Å²) >= 11 is 0. The molecule has 0 aliphatic heterocycles. The molecular formula is C28H40O3Si. The van der Waals surface area contributed by atoms with Gasteiger partial charge in [-0.25, -0.2) is 4.79 Å². The number of fused-ring (bicyclic) bond motifs is 1. The van der Waals surface area contributed by atoms with Crippen molar-refractivity contribution in [2.45, 2.75) is 97.3 Å². The van der Waals surface area contributed by atoms with E-state index in [1.807, 2.05) is 12.1 Å². The van der Waals surface area contributed by atoms with Crippen LogP contribution in [-0.4, -0.2) is 15.0 Å². The molecule has 0 radical (unpaired) electrons.